The highest BCUT2D eigenvalue weighted by Crippen LogP contribution is 2.34. The van der Waals surface area contributed by atoms with Crippen LogP contribution in [0.15, 0.2) is 36.5 Å². The van der Waals surface area contributed by atoms with Gasteiger partial charge in [0.05, 0.1) is 10.6 Å². The van der Waals surface area contributed by atoms with Crippen molar-refractivity contribution in [2.45, 2.75) is 12.3 Å². The van der Waals surface area contributed by atoms with Gasteiger partial charge in [0.15, 0.2) is 0 Å². The molecule has 1 N–H and O–H groups in total. The molecule has 0 spiro atoms. The quantitative estimate of drug-likeness (QED) is 0.882. The van der Waals surface area contributed by atoms with Crippen LogP contribution in [0.1, 0.15) is 27.4 Å². The van der Waals surface area contributed by atoms with E-state index in [9.17, 15) is 4.79 Å². The van der Waals surface area contributed by atoms with Gasteiger partial charge in [-0.15, -0.1) is 0 Å². The van der Waals surface area contributed by atoms with Crippen LogP contribution in [0, 0.1) is 0 Å². The van der Waals surface area contributed by atoms with Crippen molar-refractivity contribution in [1.82, 2.24) is 10.3 Å². The van der Waals surface area contributed by atoms with E-state index in [0.29, 0.717) is 18.0 Å². The van der Waals surface area contributed by atoms with E-state index in [1.807, 2.05) is 12.1 Å². The fourth-order valence-corrected chi connectivity index (χ4v) is 2.68. The summed E-state index contributed by atoms with van der Waals surface area (Å²) in [4.78, 5) is 15.9. The number of hydrogen-bond donors (Lipinski definition) is 1. The Hall–Kier alpha value is -1.58. The number of nitrogens with zero attached hydrogens (tertiary/aromatic N) is 1. The van der Waals surface area contributed by atoms with E-state index in [0.717, 1.165) is 6.42 Å². The van der Waals surface area contributed by atoms with Crippen molar-refractivity contribution in [1.29, 1.82) is 0 Å². The van der Waals surface area contributed by atoms with Crippen LogP contribution in [0.3, 0.4) is 0 Å². The van der Waals surface area contributed by atoms with Gasteiger partial charge in [-0.05, 0) is 23.6 Å². The topological polar surface area (TPSA) is 42.0 Å². The molecule has 0 radical (unpaired) electrons. The van der Waals surface area contributed by atoms with E-state index in [4.69, 9.17) is 23.2 Å². The third-order valence-corrected chi connectivity index (χ3v) is 4.21. The van der Waals surface area contributed by atoms with Crippen LogP contribution in [0.25, 0.3) is 0 Å². The van der Waals surface area contributed by atoms with Crippen LogP contribution in [0.4, 0.5) is 0 Å². The van der Waals surface area contributed by atoms with Crippen molar-refractivity contribution in [3.63, 3.8) is 0 Å². The Morgan fingerprint density at radius 1 is 1.35 bits per heavy atom. The third-order valence-electron chi connectivity index (χ3n) is 3.53. The van der Waals surface area contributed by atoms with Gasteiger partial charge in [-0.3, -0.25) is 4.79 Å². The maximum absolute atomic E-state index is 12.0. The van der Waals surface area contributed by atoms with E-state index in [-0.39, 0.29) is 16.1 Å². The smallest absolute Gasteiger partial charge is 0.252 e. The largest absolute Gasteiger partial charge is 0.351 e. The first kappa shape index (κ1) is 13.4. The summed E-state index contributed by atoms with van der Waals surface area (Å²) in [6, 6.07) is 9.82. The van der Waals surface area contributed by atoms with Crippen molar-refractivity contribution in [3.05, 3.63) is 63.4 Å². The Balaban J connectivity index is 1.62. The van der Waals surface area contributed by atoms with Crippen LogP contribution in [0.2, 0.25) is 10.2 Å². The van der Waals surface area contributed by atoms with E-state index in [1.54, 1.807) is 0 Å². The molecule has 3 rings (SSSR count). The standard InChI is InChI=1S/C15H12Cl2N2O/c16-13-6-11(8-18-14(13)17)15(20)19-7-10-5-9-3-1-2-4-12(9)10/h1-4,6,8,10H,5,7H2,(H,19,20). The molecule has 1 heterocycles. The number of fused-ring (bicyclic) bond motifs is 1. The summed E-state index contributed by atoms with van der Waals surface area (Å²) in [5, 5.41) is 3.40. The fourth-order valence-electron chi connectivity index (χ4n) is 2.41. The predicted molar refractivity (Wildman–Crippen MR) is 79.5 cm³/mol. The van der Waals surface area contributed by atoms with Gasteiger partial charge in [0.25, 0.3) is 5.91 Å². The van der Waals surface area contributed by atoms with Gasteiger partial charge in [-0.2, -0.15) is 0 Å². The number of pyridine rings is 1. The molecule has 1 aliphatic rings. The lowest BCUT2D eigenvalue weighted by Gasteiger charge is -2.30. The molecular weight excluding hydrogens is 295 g/mol. The Morgan fingerprint density at radius 2 is 2.15 bits per heavy atom. The van der Waals surface area contributed by atoms with Crippen molar-refractivity contribution in [2.24, 2.45) is 0 Å². The van der Waals surface area contributed by atoms with E-state index < -0.39 is 0 Å². The summed E-state index contributed by atoms with van der Waals surface area (Å²) >= 11 is 11.6. The maximum Gasteiger partial charge on any atom is 0.252 e. The van der Waals surface area contributed by atoms with Gasteiger partial charge in [0, 0.05) is 18.7 Å². The molecule has 5 heteroatoms. The zero-order valence-corrected chi connectivity index (χ0v) is 12.1. The summed E-state index contributed by atoms with van der Waals surface area (Å²) in [7, 11) is 0. The molecule has 1 aromatic carbocycles. The second-order valence-electron chi connectivity index (χ2n) is 4.81. The highest BCUT2D eigenvalue weighted by atomic mass is 35.5. The molecule has 1 aromatic heterocycles. The van der Waals surface area contributed by atoms with Gasteiger partial charge < -0.3 is 5.32 Å². The second-order valence-corrected chi connectivity index (χ2v) is 5.57. The number of nitrogens with one attached hydrogen (secondary N) is 1. The Kier molecular flexibility index (Phi) is 3.64. The number of benzene rings is 1. The first-order valence-electron chi connectivity index (χ1n) is 6.32. The third kappa shape index (κ3) is 2.51. The predicted octanol–water partition coefficient (Wildman–Crippen LogP) is 3.46. The van der Waals surface area contributed by atoms with E-state index >= 15 is 0 Å². The van der Waals surface area contributed by atoms with Gasteiger partial charge in [0.2, 0.25) is 0 Å². The van der Waals surface area contributed by atoms with Crippen molar-refractivity contribution < 1.29 is 4.79 Å². The average molecular weight is 307 g/mol. The first-order chi connectivity index (χ1) is 9.65. The van der Waals surface area contributed by atoms with Crippen molar-refractivity contribution in [3.8, 4) is 0 Å². The molecule has 0 saturated carbocycles. The Morgan fingerprint density at radius 3 is 2.90 bits per heavy atom. The van der Waals surface area contributed by atoms with Crippen LogP contribution < -0.4 is 5.32 Å². The summed E-state index contributed by atoms with van der Waals surface area (Å²) in [6.07, 6.45) is 2.44. The van der Waals surface area contributed by atoms with Crippen LogP contribution in [-0.2, 0) is 6.42 Å². The van der Waals surface area contributed by atoms with E-state index in [2.05, 4.69) is 22.4 Å². The van der Waals surface area contributed by atoms with Crippen LogP contribution in [0.5, 0.6) is 0 Å². The lowest BCUT2D eigenvalue weighted by atomic mass is 9.77. The molecule has 0 bridgehead atoms. The summed E-state index contributed by atoms with van der Waals surface area (Å²) in [6.45, 7) is 0.621. The van der Waals surface area contributed by atoms with Crippen molar-refractivity contribution >= 4 is 29.1 Å². The average Bonchev–Trinajstić information content (AvgIpc) is 2.42. The van der Waals surface area contributed by atoms with Gasteiger partial charge in [0.1, 0.15) is 5.15 Å². The Bertz CT molecular complexity index is 673. The first-order valence-corrected chi connectivity index (χ1v) is 7.08. The van der Waals surface area contributed by atoms with E-state index in [1.165, 1.54) is 23.4 Å². The zero-order chi connectivity index (χ0) is 14.1. The molecule has 1 unspecified atom stereocenters. The maximum atomic E-state index is 12.0. The highest BCUT2D eigenvalue weighted by Gasteiger charge is 2.25. The minimum absolute atomic E-state index is 0.180. The molecule has 2 aromatic rings. The number of rotatable bonds is 3. The van der Waals surface area contributed by atoms with Crippen LogP contribution in [-0.4, -0.2) is 17.4 Å². The number of amides is 1. The number of carbonyl (C=O) groups is 1. The lowest BCUT2D eigenvalue weighted by Crippen LogP contribution is -2.33. The number of halogens is 2. The highest BCUT2D eigenvalue weighted by molar-refractivity contribution is 6.41. The fraction of sp³-hybridized carbons (Fsp3) is 0.200. The molecule has 20 heavy (non-hydrogen) atoms. The molecule has 102 valence electrons. The summed E-state index contributed by atoms with van der Waals surface area (Å²) in [5.41, 5.74) is 3.11. The molecule has 1 atom stereocenters. The molecule has 0 saturated heterocycles. The number of aromatic nitrogens is 1. The molecule has 1 amide bonds. The Labute approximate surface area is 126 Å². The lowest BCUT2D eigenvalue weighted by molar-refractivity contribution is 0.0949. The molecule has 0 fully saturated rings. The minimum atomic E-state index is -0.180. The zero-order valence-electron chi connectivity index (χ0n) is 10.6. The van der Waals surface area contributed by atoms with Crippen molar-refractivity contribution in [2.75, 3.05) is 6.54 Å². The monoisotopic (exact) mass is 306 g/mol. The van der Waals surface area contributed by atoms with Gasteiger partial charge in [-0.25, -0.2) is 4.98 Å². The summed E-state index contributed by atoms with van der Waals surface area (Å²) in [5.74, 6) is 0.214. The van der Waals surface area contributed by atoms with Gasteiger partial charge >= 0.3 is 0 Å². The number of hydrogen-bond acceptors (Lipinski definition) is 2. The SMILES string of the molecule is O=C(NCC1Cc2ccccc21)c1cnc(Cl)c(Cl)c1. The molecule has 1 aliphatic carbocycles. The van der Waals surface area contributed by atoms with Crippen LogP contribution >= 0.6 is 23.2 Å². The minimum Gasteiger partial charge on any atom is -0.351 e. The molecule has 0 aliphatic heterocycles. The second kappa shape index (κ2) is 5.43. The number of carbonyl (C=O) groups excluding carboxylic acids is 1. The molecule has 3 nitrogen and oxygen atoms in total. The van der Waals surface area contributed by atoms with Gasteiger partial charge in [-0.1, -0.05) is 47.5 Å². The summed E-state index contributed by atoms with van der Waals surface area (Å²) < 4.78 is 0. The molecular formula is C15H12Cl2N2O. The normalized spacial score (nSPS) is 16.2.